The quantitative estimate of drug-likeness (QED) is 0.839. The maximum absolute atomic E-state index is 5.83. The van der Waals surface area contributed by atoms with Crippen molar-refractivity contribution in [3.05, 3.63) is 36.0 Å². The summed E-state index contributed by atoms with van der Waals surface area (Å²) in [5.74, 6) is 1.81. The fourth-order valence-corrected chi connectivity index (χ4v) is 1.46. The van der Waals surface area contributed by atoms with E-state index in [2.05, 4.69) is 9.97 Å². The molecule has 94 valence electrons. The number of anilines is 2. The van der Waals surface area contributed by atoms with Crippen LogP contribution in [0.5, 0.6) is 11.6 Å². The van der Waals surface area contributed by atoms with Crippen molar-refractivity contribution in [1.82, 2.24) is 9.97 Å². The molecule has 18 heavy (non-hydrogen) atoms. The molecule has 2 rings (SSSR count). The van der Waals surface area contributed by atoms with Crippen LogP contribution in [-0.4, -0.2) is 24.1 Å². The number of aromatic nitrogens is 2. The predicted octanol–water partition coefficient (Wildman–Crippen LogP) is 2.23. The second-order valence-electron chi connectivity index (χ2n) is 4.16. The number of hydrogen-bond acceptors (Lipinski definition) is 5. The first-order valence-corrected chi connectivity index (χ1v) is 5.61. The SMILES string of the molecule is Cc1c(N)cccc1Oc1ccnc(N(C)C)n1. The molecule has 0 saturated heterocycles. The van der Waals surface area contributed by atoms with Crippen molar-refractivity contribution < 1.29 is 4.74 Å². The van der Waals surface area contributed by atoms with Gasteiger partial charge in [0.2, 0.25) is 11.8 Å². The highest BCUT2D eigenvalue weighted by Crippen LogP contribution is 2.27. The minimum Gasteiger partial charge on any atom is -0.439 e. The van der Waals surface area contributed by atoms with E-state index in [1.807, 2.05) is 44.1 Å². The van der Waals surface area contributed by atoms with Gasteiger partial charge in [-0.3, -0.25) is 0 Å². The lowest BCUT2D eigenvalue weighted by molar-refractivity contribution is 0.458. The van der Waals surface area contributed by atoms with E-state index in [-0.39, 0.29) is 0 Å². The molecule has 0 unspecified atom stereocenters. The van der Waals surface area contributed by atoms with Crippen molar-refractivity contribution >= 4 is 11.6 Å². The van der Waals surface area contributed by atoms with Gasteiger partial charge in [-0.1, -0.05) is 6.07 Å². The normalized spacial score (nSPS) is 10.2. The summed E-state index contributed by atoms with van der Waals surface area (Å²) in [5, 5.41) is 0. The first-order valence-electron chi connectivity index (χ1n) is 5.61. The van der Waals surface area contributed by atoms with E-state index in [4.69, 9.17) is 10.5 Å². The van der Waals surface area contributed by atoms with Crippen LogP contribution in [0.1, 0.15) is 5.56 Å². The lowest BCUT2D eigenvalue weighted by Crippen LogP contribution is -2.12. The fraction of sp³-hybridized carbons (Fsp3) is 0.231. The highest BCUT2D eigenvalue weighted by molar-refractivity contribution is 5.54. The molecule has 1 aromatic heterocycles. The van der Waals surface area contributed by atoms with Crippen LogP contribution in [-0.2, 0) is 0 Å². The molecule has 0 bridgehead atoms. The summed E-state index contributed by atoms with van der Waals surface area (Å²) < 4.78 is 5.72. The van der Waals surface area contributed by atoms with E-state index in [1.165, 1.54) is 0 Å². The van der Waals surface area contributed by atoms with Gasteiger partial charge in [0, 0.05) is 37.6 Å². The van der Waals surface area contributed by atoms with E-state index in [1.54, 1.807) is 12.3 Å². The zero-order valence-corrected chi connectivity index (χ0v) is 10.7. The van der Waals surface area contributed by atoms with Crippen molar-refractivity contribution in [1.29, 1.82) is 0 Å². The van der Waals surface area contributed by atoms with Crippen LogP contribution in [0.3, 0.4) is 0 Å². The van der Waals surface area contributed by atoms with Crippen LogP contribution in [0.15, 0.2) is 30.5 Å². The Morgan fingerprint density at radius 3 is 2.72 bits per heavy atom. The third-order valence-corrected chi connectivity index (χ3v) is 2.56. The molecule has 5 heteroatoms. The molecule has 0 radical (unpaired) electrons. The average Bonchev–Trinajstić information content (AvgIpc) is 2.35. The van der Waals surface area contributed by atoms with E-state index >= 15 is 0 Å². The summed E-state index contributed by atoms with van der Waals surface area (Å²) in [4.78, 5) is 10.2. The molecule has 0 aliphatic heterocycles. The minimum absolute atomic E-state index is 0.502. The van der Waals surface area contributed by atoms with Crippen molar-refractivity contribution in [2.75, 3.05) is 24.7 Å². The lowest BCUT2D eigenvalue weighted by atomic mass is 10.2. The van der Waals surface area contributed by atoms with Crippen molar-refractivity contribution in [3.8, 4) is 11.6 Å². The predicted molar refractivity (Wildman–Crippen MR) is 72.0 cm³/mol. The molecule has 1 aromatic carbocycles. The van der Waals surface area contributed by atoms with Gasteiger partial charge in [-0.15, -0.1) is 0 Å². The molecule has 2 N–H and O–H groups in total. The third kappa shape index (κ3) is 2.51. The highest BCUT2D eigenvalue weighted by Gasteiger charge is 2.06. The third-order valence-electron chi connectivity index (χ3n) is 2.56. The first-order chi connectivity index (χ1) is 8.58. The zero-order chi connectivity index (χ0) is 13.1. The van der Waals surface area contributed by atoms with Gasteiger partial charge in [-0.2, -0.15) is 4.98 Å². The van der Waals surface area contributed by atoms with Crippen molar-refractivity contribution in [2.24, 2.45) is 0 Å². The molecule has 2 aromatic rings. The topological polar surface area (TPSA) is 64.3 Å². The van der Waals surface area contributed by atoms with Crippen LogP contribution in [0, 0.1) is 6.92 Å². The van der Waals surface area contributed by atoms with Gasteiger partial charge in [0.15, 0.2) is 0 Å². The van der Waals surface area contributed by atoms with Crippen molar-refractivity contribution in [3.63, 3.8) is 0 Å². The molecular formula is C13H16N4O. The number of ether oxygens (including phenoxy) is 1. The van der Waals surface area contributed by atoms with Crippen molar-refractivity contribution in [2.45, 2.75) is 6.92 Å². The molecule has 0 amide bonds. The van der Waals surface area contributed by atoms with Gasteiger partial charge in [0.1, 0.15) is 5.75 Å². The Morgan fingerprint density at radius 1 is 1.22 bits per heavy atom. The summed E-state index contributed by atoms with van der Waals surface area (Å²) >= 11 is 0. The van der Waals surface area contributed by atoms with Crippen LogP contribution >= 0.6 is 0 Å². The standard InChI is InChI=1S/C13H16N4O/c1-9-10(14)5-4-6-11(9)18-12-7-8-15-13(16-12)17(2)3/h4-8H,14H2,1-3H3. The Balaban J connectivity index is 2.28. The Kier molecular flexibility index (Phi) is 3.32. The van der Waals surface area contributed by atoms with E-state index in [0.717, 1.165) is 5.56 Å². The maximum Gasteiger partial charge on any atom is 0.228 e. The van der Waals surface area contributed by atoms with Crippen LogP contribution in [0.2, 0.25) is 0 Å². The number of benzene rings is 1. The first kappa shape index (κ1) is 12.2. The Bertz CT molecular complexity index is 554. The monoisotopic (exact) mass is 244 g/mol. The smallest absolute Gasteiger partial charge is 0.228 e. The molecule has 0 saturated carbocycles. The zero-order valence-electron chi connectivity index (χ0n) is 10.7. The number of nitrogen functional groups attached to an aromatic ring is 1. The Hall–Kier alpha value is -2.30. The van der Waals surface area contributed by atoms with E-state index in [0.29, 0.717) is 23.3 Å². The molecule has 0 fully saturated rings. The largest absolute Gasteiger partial charge is 0.439 e. The summed E-state index contributed by atoms with van der Waals surface area (Å²) in [7, 11) is 3.76. The number of nitrogens with zero attached hydrogens (tertiary/aromatic N) is 3. The van der Waals surface area contributed by atoms with Gasteiger partial charge in [0.05, 0.1) is 0 Å². The molecule has 0 aliphatic carbocycles. The Morgan fingerprint density at radius 2 is 2.00 bits per heavy atom. The average molecular weight is 244 g/mol. The van der Waals surface area contributed by atoms with E-state index in [9.17, 15) is 0 Å². The number of hydrogen-bond donors (Lipinski definition) is 1. The molecule has 1 heterocycles. The molecule has 0 spiro atoms. The maximum atomic E-state index is 5.83. The van der Waals surface area contributed by atoms with Gasteiger partial charge >= 0.3 is 0 Å². The van der Waals surface area contributed by atoms with Gasteiger partial charge in [-0.05, 0) is 19.1 Å². The lowest BCUT2D eigenvalue weighted by Gasteiger charge is -2.12. The second-order valence-corrected chi connectivity index (χ2v) is 4.16. The minimum atomic E-state index is 0.502. The summed E-state index contributed by atoms with van der Waals surface area (Å²) in [6.45, 7) is 1.92. The van der Waals surface area contributed by atoms with Crippen LogP contribution < -0.4 is 15.4 Å². The fourth-order valence-electron chi connectivity index (χ4n) is 1.46. The molecule has 0 atom stereocenters. The molecular weight excluding hydrogens is 228 g/mol. The van der Waals surface area contributed by atoms with Crippen LogP contribution in [0.25, 0.3) is 0 Å². The number of nitrogens with two attached hydrogens (primary N) is 1. The summed E-state index contributed by atoms with van der Waals surface area (Å²) in [6, 6.07) is 7.28. The Labute approximate surface area is 106 Å². The van der Waals surface area contributed by atoms with Gasteiger partial charge in [0.25, 0.3) is 0 Å². The molecule has 5 nitrogen and oxygen atoms in total. The summed E-state index contributed by atoms with van der Waals surface area (Å²) in [6.07, 6.45) is 1.67. The number of rotatable bonds is 3. The second kappa shape index (κ2) is 4.91. The highest BCUT2D eigenvalue weighted by atomic mass is 16.5. The van der Waals surface area contributed by atoms with Crippen LogP contribution in [0.4, 0.5) is 11.6 Å². The van der Waals surface area contributed by atoms with E-state index < -0.39 is 0 Å². The van der Waals surface area contributed by atoms with Gasteiger partial charge in [-0.25, -0.2) is 4.98 Å². The van der Waals surface area contributed by atoms with Gasteiger partial charge < -0.3 is 15.4 Å². The summed E-state index contributed by atoms with van der Waals surface area (Å²) in [5.41, 5.74) is 7.44. The molecule has 0 aliphatic rings.